The van der Waals surface area contributed by atoms with Gasteiger partial charge in [-0.2, -0.15) is 0 Å². The average molecular weight is 327 g/mol. The first-order valence-corrected chi connectivity index (χ1v) is 8.16. The molecule has 2 aromatic carbocycles. The monoisotopic (exact) mass is 326 g/mol. The number of halogens is 2. The zero-order valence-electron chi connectivity index (χ0n) is 11.1. The highest BCUT2D eigenvalue weighted by atomic mass is 35.5. The molecule has 5 heteroatoms. The van der Waals surface area contributed by atoms with Crippen LogP contribution in [-0.4, -0.2) is 6.26 Å². The maximum absolute atomic E-state index is 6.23. The molecule has 0 aliphatic carbocycles. The van der Waals surface area contributed by atoms with E-state index in [9.17, 15) is 0 Å². The standard InChI is InChI=1S/C15H16Cl2N2S/c1-20-15-5-3-2-4-12(15)14(19-18)9-10-8-11(16)6-7-13(10)17/h2-8,14,19H,9,18H2,1H3. The van der Waals surface area contributed by atoms with Crippen molar-refractivity contribution in [1.82, 2.24) is 5.43 Å². The Morgan fingerprint density at radius 2 is 1.95 bits per heavy atom. The molecule has 0 aliphatic rings. The molecule has 0 aromatic heterocycles. The topological polar surface area (TPSA) is 38.0 Å². The molecular weight excluding hydrogens is 311 g/mol. The van der Waals surface area contributed by atoms with Gasteiger partial charge in [0, 0.05) is 14.9 Å². The molecule has 2 aromatic rings. The fourth-order valence-electron chi connectivity index (χ4n) is 2.13. The van der Waals surface area contributed by atoms with Crippen LogP contribution in [0, 0.1) is 0 Å². The van der Waals surface area contributed by atoms with Crippen LogP contribution in [0.5, 0.6) is 0 Å². The minimum absolute atomic E-state index is 0.00498. The molecule has 0 aliphatic heterocycles. The predicted molar refractivity (Wildman–Crippen MR) is 88.5 cm³/mol. The van der Waals surface area contributed by atoms with E-state index in [0.717, 1.165) is 5.56 Å². The van der Waals surface area contributed by atoms with E-state index < -0.39 is 0 Å². The van der Waals surface area contributed by atoms with E-state index in [1.54, 1.807) is 17.8 Å². The molecule has 1 unspecified atom stereocenters. The van der Waals surface area contributed by atoms with Crippen molar-refractivity contribution >= 4 is 35.0 Å². The Kier molecular flexibility index (Phi) is 5.75. The lowest BCUT2D eigenvalue weighted by Gasteiger charge is -2.20. The van der Waals surface area contributed by atoms with Gasteiger partial charge in [-0.15, -0.1) is 11.8 Å². The SMILES string of the molecule is CSc1ccccc1C(Cc1cc(Cl)ccc1Cl)NN. The van der Waals surface area contributed by atoms with Gasteiger partial charge in [-0.05, 0) is 48.1 Å². The molecule has 0 radical (unpaired) electrons. The van der Waals surface area contributed by atoms with Crippen LogP contribution in [0.25, 0.3) is 0 Å². The Hall–Kier alpha value is -0.710. The molecule has 20 heavy (non-hydrogen) atoms. The van der Waals surface area contributed by atoms with E-state index in [2.05, 4.69) is 23.8 Å². The number of hydrogen-bond donors (Lipinski definition) is 2. The fraction of sp³-hybridized carbons (Fsp3) is 0.200. The molecule has 0 fully saturated rings. The van der Waals surface area contributed by atoms with Crippen LogP contribution in [-0.2, 0) is 6.42 Å². The molecule has 0 saturated heterocycles. The zero-order valence-corrected chi connectivity index (χ0v) is 13.4. The summed E-state index contributed by atoms with van der Waals surface area (Å²) in [5.74, 6) is 5.73. The molecular formula is C15H16Cl2N2S. The van der Waals surface area contributed by atoms with Gasteiger partial charge in [-0.25, -0.2) is 0 Å². The summed E-state index contributed by atoms with van der Waals surface area (Å²) in [5, 5.41) is 1.38. The smallest absolute Gasteiger partial charge is 0.0511 e. The summed E-state index contributed by atoms with van der Waals surface area (Å²) in [5.41, 5.74) is 5.02. The van der Waals surface area contributed by atoms with Gasteiger partial charge in [-0.1, -0.05) is 41.4 Å². The minimum atomic E-state index is -0.00498. The molecule has 2 rings (SSSR count). The molecule has 0 heterocycles. The lowest BCUT2D eigenvalue weighted by molar-refractivity contribution is 0.544. The quantitative estimate of drug-likeness (QED) is 0.484. The van der Waals surface area contributed by atoms with E-state index in [1.807, 2.05) is 24.3 Å². The number of hydrogen-bond acceptors (Lipinski definition) is 3. The molecule has 0 saturated carbocycles. The van der Waals surface area contributed by atoms with Crippen LogP contribution in [0.2, 0.25) is 10.0 Å². The molecule has 0 spiro atoms. The van der Waals surface area contributed by atoms with E-state index in [1.165, 1.54) is 10.5 Å². The second kappa shape index (κ2) is 7.34. The number of rotatable bonds is 5. The first-order valence-electron chi connectivity index (χ1n) is 6.18. The van der Waals surface area contributed by atoms with Gasteiger partial charge in [0.2, 0.25) is 0 Å². The second-order valence-corrected chi connectivity index (χ2v) is 6.09. The van der Waals surface area contributed by atoms with Crippen molar-refractivity contribution in [3.63, 3.8) is 0 Å². The summed E-state index contributed by atoms with van der Waals surface area (Å²) in [6.07, 6.45) is 2.74. The first kappa shape index (κ1) is 15.7. The number of nitrogens with two attached hydrogens (primary N) is 1. The van der Waals surface area contributed by atoms with E-state index in [0.29, 0.717) is 16.5 Å². The third-order valence-electron chi connectivity index (χ3n) is 3.15. The Morgan fingerprint density at radius 3 is 2.65 bits per heavy atom. The Morgan fingerprint density at radius 1 is 1.20 bits per heavy atom. The summed E-state index contributed by atoms with van der Waals surface area (Å²) in [4.78, 5) is 1.20. The third-order valence-corrected chi connectivity index (χ3v) is 4.56. The summed E-state index contributed by atoms with van der Waals surface area (Å²) >= 11 is 14.0. The Bertz CT molecular complexity index is 590. The Labute approximate surface area is 133 Å². The zero-order chi connectivity index (χ0) is 14.5. The van der Waals surface area contributed by atoms with Crippen molar-refractivity contribution in [2.24, 2.45) is 5.84 Å². The van der Waals surface area contributed by atoms with Crippen molar-refractivity contribution in [1.29, 1.82) is 0 Å². The minimum Gasteiger partial charge on any atom is -0.271 e. The van der Waals surface area contributed by atoms with Gasteiger partial charge in [0.05, 0.1) is 6.04 Å². The maximum atomic E-state index is 6.23. The number of thioether (sulfide) groups is 1. The molecule has 106 valence electrons. The molecule has 3 N–H and O–H groups in total. The number of benzene rings is 2. The summed E-state index contributed by atoms with van der Waals surface area (Å²) in [6.45, 7) is 0. The average Bonchev–Trinajstić information content (AvgIpc) is 2.48. The van der Waals surface area contributed by atoms with E-state index in [-0.39, 0.29) is 6.04 Å². The highest BCUT2D eigenvalue weighted by Crippen LogP contribution is 2.30. The van der Waals surface area contributed by atoms with E-state index >= 15 is 0 Å². The number of hydrazine groups is 1. The van der Waals surface area contributed by atoms with Crippen molar-refractivity contribution in [3.05, 3.63) is 63.6 Å². The molecule has 2 nitrogen and oxygen atoms in total. The largest absolute Gasteiger partial charge is 0.271 e. The highest BCUT2D eigenvalue weighted by Gasteiger charge is 2.15. The van der Waals surface area contributed by atoms with Crippen LogP contribution in [0.1, 0.15) is 17.2 Å². The fourth-order valence-corrected chi connectivity index (χ4v) is 3.18. The van der Waals surface area contributed by atoms with Gasteiger partial charge >= 0.3 is 0 Å². The van der Waals surface area contributed by atoms with Crippen molar-refractivity contribution in [2.45, 2.75) is 17.4 Å². The second-order valence-electron chi connectivity index (χ2n) is 4.40. The Balaban J connectivity index is 2.31. The van der Waals surface area contributed by atoms with Gasteiger partial charge < -0.3 is 0 Å². The van der Waals surface area contributed by atoms with Gasteiger partial charge in [0.1, 0.15) is 0 Å². The van der Waals surface area contributed by atoms with Crippen molar-refractivity contribution in [2.75, 3.05) is 6.26 Å². The number of nitrogens with one attached hydrogen (secondary N) is 1. The molecule has 0 amide bonds. The molecule has 1 atom stereocenters. The van der Waals surface area contributed by atoms with Crippen LogP contribution >= 0.6 is 35.0 Å². The summed E-state index contributed by atoms with van der Waals surface area (Å²) < 4.78 is 0. The highest BCUT2D eigenvalue weighted by molar-refractivity contribution is 7.98. The first-order chi connectivity index (χ1) is 9.65. The van der Waals surface area contributed by atoms with Gasteiger partial charge in [0.25, 0.3) is 0 Å². The summed E-state index contributed by atoms with van der Waals surface area (Å²) in [6, 6.07) is 13.7. The van der Waals surface area contributed by atoms with Crippen molar-refractivity contribution in [3.8, 4) is 0 Å². The van der Waals surface area contributed by atoms with Crippen LogP contribution < -0.4 is 11.3 Å². The maximum Gasteiger partial charge on any atom is 0.0511 e. The van der Waals surface area contributed by atoms with Crippen LogP contribution in [0.15, 0.2) is 47.4 Å². The van der Waals surface area contributed by atoms with Crippen LogP contribution in [0.3, 0.4) is 0 Å². The normalized spacial score (nSPS) is 12.4. The van der Waals surface area contributed by atoms with Crippen molar-refractivity contribution < 1.29 is 0 Å². The summed E-state index contributed by atoms with van der Waals surface area (Å²) in [7, 11) is 0. The van der Waals surface area contributed by atoms with E-state index in [4.69, 9.17) is 29.0 Å². The lowest BCUT2D eigenvalue weighted by Crippen LogP contribution is -2.30. The third kappa shape index (κ3) is 3.68. The lowest BCUT2D eigenvalue weighted by atomic mass is 9.99. The molecule has 0 bridgehead atoms. The van der Waals surface area contributed by atoms with Gasteiger partial charge in [0.15, 0.2) is 0 Å². The van der Waals surface area contributed by atoms with Crippen LogP contribution in [0.4, 0.5) is 0 Å². The predicted octanol–water partition coefficient (Wildman–Crippen LogP) is 4.46. The van der Waals surface area contributed by atoms with Gasteiger partial charge in [-0.3, -0.25) is 11.3 Å².